The normalized spacial score (nSPS) is 27.8. The lowest BCUT2D eigenvalue weighted by molar-refractivity contribution is -0.142. The van der Waals surface area contributed by atoms with Crippen LogP contribution < -0.4 is 11.1 Å². The highest BCUT2D eigenvalue weighted by atomic mass is 19.4. The summed E-state index contributed by atoms with van der Waals surface area (Å²) in [5, 5.41) is 2.29. The van der Waals surface area contributed by atoms with E-state index < -0.39 is 36.5 Å². The molecule has 3 unspecified atom stereocenters. The van der Waals surface area contributed by atoms with E-state index in [1.807, 2.05) is 0 Å². The van der Waals surface area contributed by atoms with Gasteiger partial charge in [-0.25, -0.2) is 0 Å². The number of carbonyl (C=O) groups is 1. The standard InChI is InChI=1S/C9H15F3N2O2/c1-5(2-9(10,11)12)14-8(15)6-3-16-4-7(6)13/h5-7H,2-4,13H2,1H3,(H,14,15). The van der Waals surface area contributed by atoms with Crippen molar-refractivity contribution < 1.29 is 22.7 Å². The highest BCUT2D eigenvalue weighted by molar-refractivity contribution is 5.80. The minimum absolute atomic E-state index is 0.172. The van der Waals surface area contributed by atoms with Gasteiger partial charge < -0.3 is 15.8 Å². The van der Waals surface area contributed by atoms with Crippen molar-refractivity contribution in [1.82, 2.24) is 5.32 Å². The smallest absolute Gasteiger partial charge is 0.379 e. The van der Waals surface area contributed by atoms with Crippen LogP contribution in [0.15, 0.2) is 0 Å². The monoisotopic (exact) mass is 240 g/mol. The Hall–Kier alpha value is -0.820. The van der Waals surface area contributed by atoms with E-state index in [4.69, 9.17) is 10.5 Å². The van der Waals surface area contributed by atoms with Crippen LogP contribution in [0.2, 0.25) is 0 Å². The van der Waals surface area contributed by atoms with Gasteiger partial charge in [0.1, 0.15) is 0 Å². The molecule has 0 aliphatic carbocycles. The average molecular weight is 240 g/mol. The fourth-order valence-corrected chi connectivity index (χ4v) is 1.59. The molecular formula is C9H15F3N2O2. The number of hydrogen-bond donors (Lipinski definition) is 2. The molecule has 0 aromatic carbocycles. The third-order valence-electron chi connectivity index (χ3n) is 2.39. The van der Waals surface area contributed by atoms with Gasteiger partial charge >= 0.3 is 6.18 Å². The van der Waals surface area contributed by atoms with Gasteiger partial charge in [-0.15, -0.1) is 0 Å². The molecule has 94 valence electrons. The van der Waals surface area contributed by atoms with Crippen LogP contribution in [-0.2, 0) is 9.53 Å². The summed E-state index contributed by atoms with van der Waals surface area (Å²) in [7, 11) is 0. The van der Waals surface area contributed by atoms with Crippen molar-refractivity contribution in [3.8, 4) is 0 Å². The van der Waals surface area contributed by atoms with E-state index in [1.165, 1.54) is 6.92 Å². The first-order valence-corrected chi connectivity index (χ1v) is 5.00. The fraction of sp³-hybridized carbons (Fsp3) is 0.889. The molecule has 0 aromatic heterocycles. The molecule has 0 spiro atoms. The van der Waals surface area contributed by atoms with E-state index in [0.717, 1.165) is 0 Å². The summed E-state index contributed by atoms with van der Waals surface area (Å²) in [5.74, 6) is -1.02. The average Bonchev–Trinajstić information content (AvgIpc) is 2.47. The van der Waals surface area contributed by atoms with Crippen LogP contribution in [-0.4, -0.2) is 37.4 Å². The molecular weight excluding hydrogens is 225 g/mol. The summed E-state index contributed by atoms with van der Waals surface area (Å²) in [6.07, 6.45) is -5.32. The molecule has 3 N–H and O–H groups in total. The number of halogens is 3. The lowest BCUT2D eigenvalue weighted by Crippen LogP contribution is -2.45. The molecule has 1 rings (SSSR count). The van der Waals surface area contributed by atoms with E-state index in [0.29, 0.717) is 0 Å². The number of amides is 1. The van der Waals surface area contributed by atoms with Crippen LogP contribution in [0.3, 0.4) is 0 Å². The Balaban J connectivity index is 2.39. The van der Waals surface area contributed by atoms with Gasteiger partial charge in [0.05, 0.1) is 25.6 Å². The van der Waals surface area contributed by atoms with Crippen LogP contribution in [0.4, 0.5) is 13.2 Å². The van der Waals surface area contributed by atoms with Gasteiger partial charge in [0.15, 0.2) is 0 Å². The van der Waals surface area contributed by atoms with E-state index in [9.17, 15) is 18.0 Å². The summed E-state index contributed by atoms with van der Waals surface area (Å²) in [6.45, 7) is 1.75. The van der Waals surface area contributed by atoms with E-state index in [2.05, 4.69) is 5.32 Å². The Morgan fingerprint density at radius 1 is 1.56 bits per heavy atom. The second kappa shape index (κ2) is 5.01. The first kappa shape index (κ1) is 13.2. The van der Waals surface area contributed by atoms with E-state index in [-0.39, 0.29) is 13.2 Å². The number of nitrogens with two attached hydrogens (primary N) is 1. The quantitative estimate of drug-likeness (QED) is 0.751. The van der Waals surface area contributed by atoms with Crippen molar-refractivity contribution >= 4 is 5.91 Å². The zero-order valence-electron chi connectivity index (χ0n) is 8.88. The Morgan fingerprint density at radius 2 is 2.19 bits per heavy atom. The summed E-state index contributed by atoms with van der Waals surface area (Å²) < 4.78 is 41.0. The fourth-order valence-electron chi connectivity index (χ4n) is 1.59. The first-order chi connectivity index (χ1) is 7.29. The Morgan fingerprint density at radius 3 is 2.62 bits per heavy atom. The zero-order chi connectivity index (χ0) is 12.3. The van der Waals surface area contributed by atoms with Crippen LogP contribution in [0, 0.1) is 5.92 Å². The number of alkyl halides is 3. The maximum absolute atomic E-state index is 12.0. The van der Waals surface area contributed by atoms with E-state index in [1.54, 1.807) is 0 Å². The molecule has 0 radical (unpaired) electrons. The van der Waals surface area contributed by atoms with Crippen molar-refractivity contribution in [2.45, 2.75) is 31.6 Å². The van der Waals surface area contributed by atoms with Crippen LogP contribution in [0.1, 0.15) is 13.3 Å². The SMILES string of the molecule is CC(CC(F)(F)F)NC(=O)C1COCC1N. The first-order valence-electron chi connectivity index (χ1n) is 5.00. The minimum Gasteiger partial charge on any atom is -0.379 e. The highest BCUT2D eigenvalue weighted by Crippen LogP contribution is 2.21. The second-order valence-corrected chi connectivity index (χ2v) is 4.04. The zero-order valence-corrected chi connectivity index (χ0v) is 8.88. The summed E-state index contributed by atoms with van der Waals surface area (Å²) in [6, 6.07) is -1.38. The van der Waals surface area contributed by atoms with Gasteiger partial charge in [-0.1, -0.05) is 0 Å². The summed E-state index contributed by atoms with van der Waals surface area (Å²) in [5.41, 5.74) is 5.57. The van der Waals surface area contributed by atoms with Crippen LogP contribution >= 0.6 is 0 Å². The van der Waals surface area contributed by atoms with Crippen LogP contribution in [0.5, 0.6) is 0 Å². The predicted octanol–water partition coefficient (Wildman–Crippen LogP) is 0.417. The molecule has 7 heteroatoms. The Bertz CT molecular complexity index is 258. The number of hydrogen-bond acceptors (Lipinski definition) is 3. The minimum atomic E-state index is -4.28. The van der Waals surface area contributed by atoms with Crippen molar-refractivity contribution in [1.29, 1.82) is 0 Å². The molecule has 3 atom stereocenters. The van der Waals surface area contributed by atoms with Gasteiger partial charge in [0.25, 0.3) is 0 Å². The second-order valence-electron chi connectivity index (χ2n) is 4.04. The van der Waals surface area contributed by atoms with Crippen molar-refractivity contribution in [2.75, 3.05) is 13.2 Å². The van der Waals surface area contributed by atoms with Crippen molar-refractivity contribution in [2.24, 2.45) is 11.7 Å². The lowest BCUT2D eigenvalue weighted by atomic mass is 10.0. The third kappa shape index (κ3) is 3.97. The lowest BCUT2D eigenvalue weighted by Gasteiger charge is -2.19. The maximum atomic E-state index is 12.0. The largest absolute Gasteiger partial charge is 0.391 e. The Kier molecular flexibility index (Phi) is 4.15. The van der Waals surface area contributed by atoms with Crippen molar-refractivity contribution in [3.63, 3.8) is 0 Å². The van der Waals surface area contributed by atoms with Gasteiger partial charge in [0.2, 0.25) is 5.91 Å². The topological polar surface area (TPSA) is 64.3 Å². The number of rotatable bonds is 3. The number of ether oxygens (including phenoxy) is 1. The number of carbonyl (C=O) groups excluding carboxylic acids is 1. The molecule has 1 amide bonds. The molecule has 1 heterocycles. The molecule has 4 nitrogen and oxygen atoms in total. The molecule has 1 aliphatic heterocycles. The van der Waals surface area contributed by atoms with E-state index >= 15 is 0 Å². The predicted molar refractivity (Wildman–Crippen MR) is 50.6 cm³/mol. The Labute approximate surface area is 91.3 Å². The van der Waals surface area contributed by atoms with Gasteiger partial charge in [-0.05, 0) is 6.92 Å². The molecule has 1 aliphatic rings. The molecule has 0 bridgehead atoms. The molecule has 16 heavy (non-hydrogen) atoms. The third-order valence-corrected chi connectivity index (χ3v) is 2.39. The maximum Gasteiger partial charge on any atom is 0.391 e. The van der Waals surface area contributed by atoms with Gasteiger partial charge in [-0.3, -0.25) is 4.79 Å². The van der Waals surface area contributed by atoms with Gasteiger partial charge in [-0.2, -0.15) is 13.2 Å². The summed E-state index contributed by atoms with van der Waals surface area (Å²) in [4.78, 5) is 11.5. The number of nitrogens with one attached hydrogen (secondary N) is 1. The van der Waals surface area contributed by atoms with Crippen molar-refractivity contribution in [3.05, 3.63) is 0 Å². The molecule has 0 saturated carbocycles. The molecule has 1 fully saturated rings. The molecule has 0 aromatic rings. The van der Waals surface area contributed by atoms with Crippen LogP contribution in [0.25, 0.3) is 0 Å². The highest BCUT2D eigenvalue weighted by Gasteiger charge is 2.34. The molecule has 1 saturated heterocycles. The van der Waals surface area contributed by atoms with Gasteiger partial charge in [0, 0.05) is 12.1 Å². The summed E-state index contributed by atoms with van der Waals surface area (Å²) >= 11 is 0.